The highest BCUT2D eigenvalue weighted by Gasteiger charge is 2.59. The molecule has 2 fully saturated rings. The van der Waals surface area contributed by atoms with Crippen LogP contribution in [0.5, 0.6) is 0 Å². The Morgan fingerprint density at radius 1 is 1.00 bits per heavy atom. The fourth-order valence-electron chi connectivity index (χ4n) is 4.06. The normalized spacial score (nSPS) is 32.8. The van der Waals surface area contributed by atoms with Crippen molar-refractivity contribution in [3.63, 3.8) is 0 Å². The van der Waals surface area contributed by atoms with E-state index in [1.807, 2.05) is 18.2 Å². The molecule has 0 radical (unpaired) electrons. The third-order valence-corrected chi connectivity index (χ3v) is 4.83. The summed E-state index contributed by atoms with van der Waals surface area (Å²) in [5.41, 5.74) is 0.0802. The van der Waals surface area contributed by atoms with Gasteiger partial charge >= 0.3 is 11.4 Å². The summed E-state index contributed by atoms with van der Waals surface area (Å²) in [6.45, 7) is 0. The molecule has 6 heteroatoms. The van der Waals surface area contributed by atoms with Crippen LogP contribution in [-0.4, -0.2) is 20.0 Å². The Morgan fingerprint density at radius 3 is 2.55 bits per heavy atom. The second-order valence-electron chi connectivity index (χ2n) is 5.72. The van der Waals surface area contributed by atoms with Gasteiger partial charge < -0.3 is 4.74 Å². The number of aromatic nitrogens is 3. The first kappa shape index (κ1) is 10.7. The van der Waals surface area contributed by atoms with Crippen LogP contribution in [0.3, 0.4) is 0 Å². The first-order chi connectivity index (χ1) is 9.77. The second-order valence-corrected chi connectivity index (χ2v) is 5.72. The van der Waals surface area contributed by atoms with E-state index in [2.05, 4.69) is 0 Å². The molecule has 2 aromatic rings. The van der Waals surface area contributed by atoms with E-state index in [1.54, 1.807) is 16.8 Å². The molecular weight excluding hydrogens is 258 g/mol. The lowest BCUT2D eigenvalue weighted by Gasteiger charge is -2.24. The van der Waals surface area contributed by atoms with Gasteiger partial charge in [-0.2, -0.15) is 0 Å². The minimum atomic E-state index is -0.293. The van der Waals surface area contributed by atoms with E-state index in [-0.39, 0.29) is 29.8 Å². The van der Waals surface area contributed by atoms with Crippen molar-refractivity contribution in [3.8, 4) is 5.69 Å². The predicted octanol–water partition coefficient (Wildman–Crippen LogP) is 0.663. The molecule has 2 aliphatic heterocycles. The van der Waals surface area contributed by atoms with Gasteiger partial charge in [-0.05, 0) is 25.0 Å². The van der Waals surface area contributed by atoms with Gasteiger partial charge in [0.15, 0.2) is 6.23 Å². The summed E-state index contributed by atoms with van der Waals surface area (Å²) in [5, 5.41) is 0. The number of ether oxygens (including phenoxy) is 1. The summed E-state index contributed by atoms with van der Waals surface area (Å²) < 4.78 is 10.2. The van der Waals surface area contributed by atoms with Gasteiger partial charge in [-0.1, -0.05) is 18.2 Å². The Balaban J connectivity index is 1.81. The molecule has 0 spiro atoms. The minimum Gasteiger partial charge on any atom is -0.351 e. The number of rotatable bonds is 1. The summed E-state index contributed by atoms with van der Waals surface area (Å²) in [5.74, 6) is 0.297. The Bertz CT molecular complexity index is 816. The second kappa shape index (κ2) is 3.32. The number of para-hydroxylation sites is 1. The highest BCUT2D eigenvalue weighted by molar-refractivity contribution is 5.31. The Hall–Kier alpha value is -2.08. The van der Waals surface area contributed by atoms with Crippen molar-refractivity contribution in [1.29, 1.82) is 0 Å². The Kier molecular flexibility index (Phi) is 1.77. The molecule has 1 aromatic carbocycles. The van der Waals surface area contributed by atoms with Crippen molar-refractivity contribution in [1.82, 2.24) is 13.9 Å². The molecule has 102 valence electrons. The van der Waals surface area contributed by atoms with Gasteiger partial charge in [0.2, 0.25) is 0 Å². The molecule has 1 saturated heterocycles. The lowest BCUT2D eigenvalue weighted by molar-refractivity contribution is -0.0717. The van der Waals surface area contributed by atoms with Gasteiger partial charge in [-0.25, -0.2) is 23.5 Å². The lowest BCUT2D eigenvalue weighted by atomic mass is 10.1. The van der Waals surface area contributed by atoms with Crippen molar-refractivity contribution in [2.75, 3.05) is 0 Å². The zero-order valence-electron chi connectivity index (χ0n) is 10.7. The largest absolute Gasteiger partial charge is 0.354 e. The van der Waals surface area contributed by atoms with E-state index in [1.165, 1.54) is 9.25 Å². The number of benzene rings is 1. The quantitative estimate of drug-likeness (QED) is 0.765. The van der Waals surface area contributed by atoms with Crippen molar-refractivity contribution in [3.05, 3.63) is 51.3 Å². The first-order valence-corrected chi connectivity index (χ1v) is 6.94. The molecule has 3 aliphatic rings. The smallest absolute Gasteiger partial charge is 0.351 e. The van der Waals surface area contributed by atoms with E-state index in [4.69, 9.17) is 4.74 Å². The maximum Gasteiger partial charge on any atom is 0.354 e. The standard InChI is InChI=1S/C14H13N3O3/c18-13-15(8-4-2-1-3-5-8)14(19)17-12-9-6-7-10(20-12)11(9)16(13)17/h1-5,9-12H,6-7H2/t9-,10-,11+,12-/m0/s1. The van der Waals surface area contributed by atoms with Gasteiger partial charge in [-0.3, -0.25) is 0 Å². The van der Waals surface area contributed by atoms with Crippen LogP contribution in [0.4, 0.5) is 0 Å². The monoisotopic (exact) mass is 271 g/mol. The SMILES string of the molecule is O=c1n(-c2ccccc2)c(=O)n2n1[C@@H]1[C@@H]3CC[C@@H]1O[C@@H]32. The zero-order valence-corrected chi connectivity index (χ0v) is 10.7. The summed E-state index contributed by atoms with van der Waals surface area (Å²) in [6, 6.07) is 9.10. The van der Waals surface area contributed by atoms with Gasteiger partial charge in [0.05, 0.1) is 17.8 Å². The highest BCUT2D eigenvalue weighted by atomic mass is 16.5. The van der Waals surface area contributed by atoms with E-state index < -0.39 is 0 Å². The topological polar surface area (TPSA) is 58.2 Å². The van der Waals surface area contributed by atoms with Crippen LogP contribution in [-0.2, 0) is 4.74 Å². The molecule has 1 aromatic heterocycles. The molecule has 20 heavy (non-hydrogen) atoms. The maximum absolute atomic E-state index is 12.6. The van der Waals surface area contributed by atoms with Crippen LogP contribution >= 0.6 is 0 Å². The summed E-state index contributed by atoms with van der Waals surface area (Å²) >= 11 is 0. The van der Waals surface area contributed by atoms with Crippen molar-refractivity contribution >= 4 is 0 Å². The molecule has 1 aliphatic carbocycles. The molecule has 0 N–H and O–H groups in total. The summed E-state index contributed by atoms with van der Waals surface area (Å²) in [7, 11) is 0. The number of nitrogens with zero attached hydrogens (tertiary/aromatic N) is 3. The van der Waals surface area contributed by atoms with Gasteiger partial charge in [-0.15, -0.1) is 0 Å². The average molecular weight is 271 g/mol. The molecule has 4 bridgehead atoms. The van der Waals surface area contributed by atoms with Crippen LogP contribution < -0.4 is 11.4 Å². The predicted molar refractivity (Wildman–Crippen MR) is 70.0 cm³/mol. The Labute approximate surface area is 113 Å². The maximum atomic E-state index is 12.6. The van der Waals surface area contributed by atoms with Crippen molar-refractivity contribution < 1.29 is 4.74 Å². The highest BCUT2D eigenvalue weighted by Crippen LogP contribution is 2.55. The number of hydrogen-bond acceptors (Lipinski definition) is 3. The average Bonchev–Trinajstić information content (AvgIpc) is 3.17. The lowest BCUT2D eigenvalue weighted by Crippen LogP contribution is -2.35. The fourth-order valence-corrected chi connectivity index (χ4v) is 4.06. The van der Waals surface area contributed by atoms with E-state index in [9.17, 15) is 9.59 Å². The van der Waals surface area contributed by atoms with Gasteiger partial charge in [0.25, 0.3) is 0 Å². The fraction of sp³-hybridized carbons (Fsp3) is 0.429. The molecule has 6 nitrogen and oxygen atoms in total. The molecule has 4 atom stereocenters. The van der Waals surface area contributed by atoms with Crippen molar-refractivity contribution in [2.45, 2.75) is 31.2 Å². The van der Waals surface area contributed by atoms with E-state index >= 15 is 0 Å². The molecule has 3 heterocycles. The van der Waals surface area contributed by atoms with Crippen LogP contribution in [0.2, 0.25) is 0 Å². The van der Waals surface area contributed by atoms with Gasteiger partial charge in [0.1, 0.15) is 0 Å². The Morgan fingerprint density at radius 2 is 1.75 bits per heavy atom. The number of hydrogen-bond donors (Lipinski definition) is 0. The molecule has 0 unspecified atom stereocenters. The van der Waals surface area contributed by atoms with Crippen LogP contribution in [0.1, 0.15) is 25.1 Å². The van der Waals surface area contributed by atoms with E-state index in [0.717, 1.165) is 12.8 Å². The third kappa shape index (κ3) is 1.02. The molecular formula is C14H13N3O3. The molecule has 5 rings (SSSR count). The minimum absolute atomic E-state index is 0.0464. The van der Waals surface area contributed by atoms with Crippen LogP contribution in [0.15, 0.2) is 39.9 Å². The van der Waals surface area contributed by atoms with Gasteiger partial charge in [0, 0.05) is 5.92 Å². The van der Waals surface area contributed by atoms with Crippen LogP contribution in [0.25, 0.3) is 5.69 Å². The van der Waals surface area contributed by atoms with Crippen LogP contribution in [0, 0.1) is 5.92 Å². The number of fused-ring (bicyclic) bond motifs is 2. The van der Waals surface area contributed by atoms with Crippen molar-refractivity contribution in [2.24, 2.45) is 5.92 Å². The molecule has 1 saturated carbocycles. The summed E-state index contributed by atoms with van der Waals surface area (Å²) in [4.78, 5) is 25.2. The zero-order chi connectivity index (χ0) is 13.4. The first-order valence-electron chi connectivity index (χ1n) is 6.94. The van der Waals surface area contributed by atoms with E-state index in [0.29, 0.717) is 11.6 Å². The molecule has 0 amide bonds. The third-order valence-electron chi connectivity index (χ3n) is 4.83. The summed E-state index contributed by atoms with van der Waals surface area (Å²) in [6.07, 6.45) is 1.89.